The van der Waals surface area contributed by atoms with Crippen LogP contribution < -0.4 is 0 Å². The molecule has 0 aromatic heterocycles. The lowest BCUT2D eigenvalue weighted by molar-refractivity contribution is 0.0696. The van der Waals surface area contributed by atoms with Crippen molar-refractivity contribution < 1.29 is 14.7 Å². The van der Waals surface area contributed by atoms with Crippen LogP contribution in [0.4, 0.5) is 0 Å². The van der Waals surface area contributed by atoms with Gasteiger partial charge in [-0.25, -0.2) is 4.79 Å². The average molecular weight is 450 g/mol. The summed E-state index contributed by atoms with van der Waals surface area (Å²) in [6.45, 7) is 3.13. The molecule has 0 fully saturated rings. The number of carbonyl (C=O) groups excluding carboxylic acids is 1. The number of hydrogen-bond acceptors (Lipinski definition) is 2. The average Bonchev–Trinajstić information content (AvgIpc) is 2.88. The third-order valence-electron chi connectivity index (χ3n) is 5.89. The lowest BCUT2D eigenvalue weighted by Gasteiger charge is -2.23. The topological polar surface area (TPSA) is 57.6 Å². The third kappa shape index (κ3) is 5.59. The molecular weight excluding hydrogens is 422 g/mol. The first-order valence-corrected chi connectivity index (χ1v) is 11.3. The van der Waals surface area contributed by atoms with E-state index < -0.39 is 5.97 Å². The number of carbonyl (C=O) groups is 2. The number of hydrogen-bond donors (Lipinski definition) is 1. The van der Waals surface area contributed by atoms with Gasteiger partial charge in [0.1, 0.15) is 0 Å². The van der Waals surface area contributed by atoms with Gasteiger partial charge in [0.15, 0.2) is 0 Å². The molecule has 0 unspecified atom stereocenters. The van der Waals surface area contributed by atoms with E-state index in [-0.39, 0.29) is 11.5 Å². The van der Waals surface area contributed by atoms with E-state index in [1.807, 2.05) is 71.6 Å². The molecule has 0 atom stereocenters. The van der Waals surface area contributed by atoms with Crippen molar-refractivity contribution >= 4 is 11.9 Å². The van der Waals surface area contributed by atoms with Crippen LogP contribution in [0.3, 0.4) is 0 Å². The molecule has 34 heavy (non-hydrogen) atoms. The molecule has 4 aromatic rings. The molecule has 0 aliphatic carbocycles. The molecule has 170 valence electrons. The van der Waals surface area contributed by atoms with Gasteiger partial charge in [-0.1, -0.05) is 90.5 Å². The first-order valence-electron chi connectivity index (χ1n) is 11.3. The zero-order valence-electron chi connectivity index (χ0n) is 19.1. The summed E-state index contributed by atoms with van der Waals surface area (Å²) in [6.07, 6.45) is 0.767. The van der Waals surface area contributed by atoms with Crippen molar-refractivity contribution in [3.63, 3.8) is 0 Å². The maximum absolute atomic E-state index is 13.3. The number of nitrogens with zero attached hydrogens (tertiary/aromatic N) is 1. The van der Waals surface area contributed by atoms with E-state index in [2.05, 4.69) is 31.2 Å². The molecule has 0 saturated heterocycles. The highest BCUT2D eigenvalue weighted by Crippen LogP contribution is 2.25. The van der Waals surface area contributed by atoms with Crippen molar-refractivity contribution in [1.82, 2.24) is 4.90 Å². The van der Waals surface area contributed by atoms with E-state index in [4.69, 9.17) is 0 Å². The first-order chi connectivity index (χ1) is 16.5. The van der Waals surface area contributed by atoms with Crippen LogP contribution in [0.1, 0.15) is 37.4 Å². The van der Waals surface area contributed by atoms with Crippen LogP contribution in [0.5, 0.6) is 0 Å². The number of carboxylic acid groups (broad SMARTS) is 1. The van der Waals surface area contributed by atoms with Crippen molar-refractivity contribution in [2.75, 3.05) is 6.54 Å². The van der Waals surface area contributed by atoms with E-state index in [1.54, 1.807) is 12.1 Å². The number of benzene rings is 4. The molecule has 0 aliphatic heterocycles. The van der Waals surface area contributed by atoms with E-state index >= 15 is 0 Å². The Morgan fingerprint density at radius 1 is 0.735 bits per heavy atom. The van der Waals surface area contributed by atoms with E-state index in [0.29, 0.717) is 24.2 Å². The van der Waals surface area contributed by atoms with Gasteiger partial charge in [-0.3, -0.25) is 4.79 Å². The van der Waals surface area contributed by atoms with E-state index in [0.717, 1.165) is 17.5 Å². The summed E-state index contributed by atoms with van der Waals surface area (Å²) in [6, 6.07) is 32.5. The van der Waals surface area contributed by atoms with Gasteiger partial charge in [-0.2, -0.15) is 0 Å². The molecule has 1 amide bonds. The van der Waals surface area contributed by atoms with Gasteiger partial charge in [0.2, 0.25) is 0 Å². The summed E-state index contributed by atoms with van der Waals surface area (Å²) in [5.41, 5.74) is 5.85. The van der Waals surface area contributed by atoms with Gasteiger partial charge in [0.25, 0.3) is 5.91 Å². The van der Waals surface area contributed by atoms with Crippen LogP contribution in [0.25, 0.3) is 11.1 Å². The van der Waals surface area contributed by atoms with E-state index in [1.165, 1.54) is 11.1 Å². The second kappa shape index (κ2) is 10.6. The summed E-state index contributed by atoms with van der Waals surface area (Å²) < 4.78 is 0. The summed E-state index contributed by atoms with van der Waals surface area (Å²) in [5.74, 6) is -0.955. The summed E-state index contributed by atoms with van der Waals surface area (Å²) in [5, 5.41) is 9.49. The maximum atomic E-state index is 13.3. The highest BCUT2D eigenvalue weighted by atomic mass is 16.4. The molecule has 0 saturated carbocycles. The fourth-order valence-electron chi connectivity index (χ4n) is 3.97. The summed E-state index contributed by atoms with van der Waals surface area (Å²) in [7, 11) is 0. The number of rotatable bonds is 8. The largest absolute Gasteiger partial charge is 0.478 e. The minimum Gasteiger partial charge on any atom is -0.478 e. The van der Waals surface area contributed by atoms with Crippen molar-refractivity contribution in [1.29, 1.82) is 0 Å². The Kier molecular flexibility index (Phi) is 7.19. The Morgan fingerprint density at radius 3 is 2.03 bits per heavy atom. The predicted octanol–water partition coefficient (Wildman–Crippen LogP) is 6.25. The van der Waals surface area contributed by atoms with Crippen LogP contribution in [0.2, 0.25) is 0 Å². The number of aromatic carboxylic acids is 1. The molecule has 4 nitrogen and oxygen atoms in total. The molecular formula is C30H27NO3. The Balaban J connectivity index is 1.55. The molecule has 0 bridgehead atoms. The molecule has 4 rings (SSSR count). The minimum atomic E-state index is -0.949. The Labute approximate surface area is 200 Å². The molecule has 4 heteroatoms. The van der Waals surface area contributed by atoms with Gasteiger partial charge in [-0.15, -0.1) is 0 Å². The monoisotopic (exact) mass is 449 g/mol. The van der Waals surface area contributed by atoms with Crippen LogP contribution in [0.15, 0.2) is 103 Å². The van der Waals surface area contributed by atoms with Crippen molar-refractivity contribution in [3.05, 3.63) is 131 Å². The van der Waals surface area contributed by atoms with E-state index in [9.17, 15) is 14.7 Å². The minimum absolute atomic E-state index is 0.00647. The fourth-order valence-corrected chi connectivity index (χ4v) is 3.97. The lowest BCUT2D eigenvalue weighted by atomic mass is 9.98. The smallest absolute Gasteiger partial charge is 0.336 e. The third-order valence-corrected chi connectivity index (χ3v) is 5.89. The normalized spacial score (nSPS) is 10.6. The molecule has 4 aromatic carbocycles. The van der Waals surface area contributed by atoms with Crippen LogP contribution in [-0.4, -0.2) is 28.4 Å². The van der Waals surface area contributed by atoms with Gasteiger partial charge >= 0.3 is 5.97 Å². The zero-order chi connectivity index (χ0) is 23.9. The molecule has 1 N–H and O–H groups in total. The molecule has 0 radical (unpaired) electrons. The second-order valence-corrected chi connectivity index (χ2v) is 8.38. The van der Waals surface area contributed by atoms with Crippen molar-refractivity contribution in [3.8, 4) is 11.1 Å². The van der Waals surface area contributed by atoms with Gasteiger partial charge in [-0.05, 0) is 53.8 Å². The molecule has 0 spiro atoms. The Bertz CT molecular complexity index is 1260. The number of amides is 1. The number of carboxylic acids is 1. The fraction of sp³-hybridized carbons (Fsp3) is 0.133. The molecule has 0 heterocycles. The second-order valence-electron chi connectivity index (χ2n) is 8.38. The first kappa shape index (κ1) is 23.0. The maximum Gasteiger partial charge on any atom is 0.336 e. The molecule has 0 aliphatic rings. The highest BCUT2D eigenvalue weighted by molar-refractivity contribution is 5.96. The highest BCUT2D eigenvalue weighted by Gasteiger charge is 2.17. The standard InChI is InChI=1S/C30H27NO3/c1-22-11-13-23(14-12-22)19-20-31(29(32)26-7-3-2-4-8-26)21-24-15-17-25(18-16-24)27-9-5-6-10-28(27)30(33)34/h2-18H,19-21H2,1H3,(H,33,34). The van der Waals surface area contributed by atoms with Crippen LogP contribution in [-0.2, 0) is 13.0 Å². The zero-order valence-corrected chi connectivity index (χ0v) is 19.1. The van der Waals surface area contributed by atoms with Crippen molar-refractivity contribution in [2.24, 2.45) is 0 Å². The lowest BCUT2D eigenvalue weighted by Crippen LogP contribution is -2.32. The Hall–Kier alpha value is -4.18. The van der Waals surface area contributed by atoms with Crippen LogP contribution >= 0.6 is 0 Å². The van der Waals surface area contributed by atoms with Gasteiger partial charge in [0, 0.05) is 18.7 Å². The summed E-state index contributed by atoms with van der Waals surface area (Å²) >= 11 is 0. The summed E-state index contributed by atoms with van der Waals surface area (Å²) in [4.78, 5) is 26.7. The van der Waals surface area contributed by atoms with Crippen molar-refractivity contribution in [2.45, 2.75) is 19.9 Å². The SMILES string of the molecule is Cc1ccc(CCN(Cc2ccc(-c3ccccc3C(=O)O)cc2)C(=O)c2ccccc2)cc1. The predicted molar refractivity (Wildman–Crippen MR) is 135 cm³/mol. The van der Waals surface area contributed by atoms with Crippen LogP contribution in [0, 0.1) is 6.92 Å². The van der Waals surface area contributed by atoms with Gasteiger partial charge in [0.05, 0.1) is 5.56 Å². The van der Waals surface area contributed by atoms with Gasteiger partial charge < -0.3 is 10.0 Å². The Morgan fingerprint density at radius 2 is 1.35 bits per heavy atom. The quantitative estimate of drug-likeness (QED) is 0.346. The number of aryl methyl sites for hydroxylation is 1.